The quantitative estimate of drug-likeness (QED) is 0.139. The normalized spacial score (nSPS) is 11.3. The van der Waals surface area contributed by atoms with Gasteiger partial charge in [0.05, 0.1) is 27.2 Å². The number of carbonyl (C=O) groups excluding carboxylic acids is 2. The van der Waals surface area contributed by atoms with E-state index in [1.165, 1.54) is 102 Å². The van der Waals surface area contributed by atoms with Crippen molar-refractivity contribution in [3.05, 3.63) is 0 Å². The topological polar surface area (TPSA) is 46.2 Å². The lowest BCUT2D eigenvalue weighted by atomic mass is 10.1. The molecule has 4 nitrogen and oxygen atoms in total. The van der Waals surface area contributed by atoms with Gasteiger partial charge < -0.3 is 26.8 Å². The van der Waals surface area contributed by atoms with E-state index in [1.807, 2.05) is 0 Å². The van der Waals surface area contributed by atoms with Crippen molar-refractivity contribution in [1.82, 2.24) is 5.32 Å². The summed E-state index contributed by atoms with van der Waals surface area (Å²) in [5.74, 6) is 1.20. The Morgan fingerprint density at radius 2 is 1.15 bits per heavy atom. The van der Waals surface area contributed by atoms with E-state index < -0.39 is 0 Å². The van der Waals surface area contributed by atoms with Gasteiger partial charge in [-0.05, 0) is 25.7 Å². The van der Waals surface area contributed by atoms with Gasteiger partial charge in [-0.3, -0.25) is 9.59 Å². The third-order valence-corrected chi connectivity index (χ3v) is 7.38. The van der Waals surface area contributed by atoms with Crippen LogP contribution in [0.4, 0.5) is 0 Å². The van der Waals surface area contributed by atoms with E-state index in [2.05, 4.69) is 26.3 Å². The third-order valence-electron chi connectivity index (χ3n) is 6.48. The Balaban J connectivity index is 0. The van der Waals surface area contributed by atoms with Gasteiger partial charge >= 0.3 is 0 Å². The number of nitrogens with one attached hydrogen (secondary N) is 1. The molecule has 0 aliphatic heterocycles. The summed E-state index contributed by atoms with van der Waals surface area (Å²) in [6, 6.07) is 0. The molecule has 6 heteroatoms. The zero-order valence-corrected chi connectivity index (χ0v) is 25.5. The average Bonchev–Trinajstić information content (AvgIpc) is 2.76. The van der Waals surface area contributed by atoms with Crippen molar-refractivity contribution in [3.63, 3.8) is 0 Å². The minimum atomic E-state index is 0. The smallest absolute Gasteiger partial charge is 0.219 e. The van der Waals surface area contributed by atoms with Crippen molar-refractivity contribution < 1.29 is 31.1 Å². The minimum Gasteiger partial charge on any atom is -1.00 e. The van der Waals surface area contributed by atoms with Crippen LogP contribution in [0.2, 0.25) is 0 Å². The van der Waals surface area contributed by atoms with E-state index in [0.717, 1.165) is 49.0 Å². The predicted molar refractivity (Wildman–Crippen MR) is 147 cm³/mol. The maximum Gasteiger partial charge on any atom is 0.219 e. The predicted octanol–water partition coefficient (Wildman–Crippen LogP) is 4.50. The Bertz CT molecular complexity index is 475. The summed E-state index contributed by atoms with van der Waals surface area (Å²) < 4.78 is 1.07. The highest BCUT2D eigenvalue weighted by molar-refractivity contribution is 8.13. The fourth-order valence-corrected chi connectivity index (χ4v) is 4.91. The van der Waals surface area contributed by atoms with E-state index >= 15 is 0 Å². The summed E-state index contributed by atoms with van der Waals surface area (Å²) in [5.41, 5.74) is 0. The number of quaternary nitrogens is 1. The molecule has 1 N–H and O–H groups in total. The number of halogens is 1. The summed E-state index contributed by atoms with van der Waals surface area (Å²) in [5, 5.41) is 3.35. The van der Waals surface area contributed by atoms with Crippen molar-refractivity contribution in [1.29, 1.82) is 0 Å². The fourth-order valence-electron chi connectivity index (χ4n) is 4.27. The molecular formula is C28H57BrN2O2S. The number of carbonyl (C=O) groups is 2. The first-order chi connectivity index (χ1) is 15.9. The van der Waals surface area contributed by atoms with E-state index in [-0.39, 0.29) is 28.0 Å². The molecule has 1 amide bonds. The van der Waals surface area contributed by atoms with Gasteiger partial charge in [0.25, 0.3) is 0 Å². The van der Waals surface area contributed by atoms with Crippen molar-refractivity contribution in [2.24, 2.45) is 0 Å². The highest BCUT2D eigenvalue weighted by Crippen LogP contribution is 2.13. The second kappa shape index (κ2) is 26.0. The first kappa shape index (κ1) is 36.1. The standard InChI is InChI=1S/C28H56N2O2S.BrH/c1-5-6-7-8-9-13-16-19-24-30(3,4)25-21-23-29-28(32)22-18-15-12-10-11-14-17-20-26-33-27(2)31;/h5-26H2,1-4H3;1H. The van der Waals surface area contributed by atoms with E-state index in [4.69, 9.17) is 0 Å². The molecule has 0 unspecified atom stereocenters. The molecule has 0 aromatic carbocycles. The van der Waals surface area contributed by atoms with Crippen LogP contribution >= 0.6 is 11.8 Å². The van der Waals surface area contributed by atoms with Gasteiger partial charge in [-0.2, -0.15) is 0 Å². The highest BCUT2D eigenvalue weighted by atomic mass is 79.9. The molecule has 0 aliphatic rings. The Morgan fingerprint density at radius 3 is 1.71 bits per heavy atom. The highest BCUT2D eigenvalue weighted by Gasteiger charge is 2.14. The zero-order valence-electron chi connectivity index (χ0n) is 23.1. The lowest BCUT2D eigenvalue weighted by molar-refractivity contribution is -0.890. The first-order valence-corrected chi connectivity index (χ1v) is 15.1. The number of nitrogens with zero attached hydrogens (tertiary/aromatic N) is 1. The SMILES string of the molecule is CCCCCCCCCC[N+](C)(C)CCCNC(=O)CCCCCCCCCCSC(C)=O.[Br-]. The number of hydrogen-bond donors (Lipinski definition) is 1. The Kier molecular flexibility index (Phi) is 27.6. The monoisotopic (exact) mass is 564 g/mol. The zero-order chi connectivity index (χ0) is 24.6. The number of hydrogen-bond acceptors (Lipinski definition) is 3. The molecule has 204 valence electrons. The van der Waals surface area contributed by atoms with Gasteiger partial charge in [0, 0.05) is 32.1 Å². The van der Waals surface area contributed by atoms with Crippen molar-refractivity contribution in [3.8, 4) is 0 Å². The van der Waals surface area contributed by atoms with Crippen LogP contribution in [0.1, 0.15) is 129 Å². The molecule has 0 atom stereocenters. The lowest BCUT2D eigenvalue weighted by Crippen LogP contribution is -3.00. The van der Waals surface area contributed by atoms with E-state index in [9.17, 15) is 9.59 Å². The molecule has 0 heterocycles. The summed E-state index contributed by atoms with van der Waals surface area (Å²) >= 11 is 1.45. The van der Waals surface area contributed by atoms with Gasteiger partial charge in [0.2, 0.25) is 5.91 Å². The van der Waals surface area contributed by atoms with Crippen LogP contribution < -0.4 is 22.3 Å². The second-order valence-corrected chi connectivity index (χ2v) is 11.8. The van der Waals surface area contributed by atoms with Crippen LogP contribution in [0.5, 0.6) is 0 Å². The Labute approximate surface area is 227 Å². The van der Waals surface area contributed by atoms with E-state index in [0.29, 0.717) is 6.42 Å². The van der Waals surface area contributed by atoms with Gasteiger partial charge in [-0.15, -0.1) is 0 Å². The van der Waals surface area contributed by atoms with Gasteiger partial charge in [-0.1, -0.05) is 95.7 Å². The molecule has 0 spiro atoms. The summed E-state index contributed by atoms with van der Waals surface area (Å²) in [6.07, 6.45) is 22.4. The van der Waals surface area contributed by atoms with E-state index in [1.54, 1.807) is 6.92 Å². The minimum absolute atomic E-state index is 0. The summed E-state index contributed by atoms with van der Waals surface area (Å²) in [4.78, 5) is 22.9. The third kappa shape index (κ3) is 28.2. The first-order valence-electron chi connectivity index (χ1n) is 14.1. The number of amides is 1. The van der Waals surface area contributed by atoms with Crippen LogP contribution in [-0.2, 0) is 9.59 Å². The summed E-state index contributed by atoms with van der Waals surface area (Å²) in [7, 11) is 4.66. The number of unbranched alkanes of at least 4 members (excludes halogenated alkanes) is 14. The molecule has 0 fully saturated rings. The van der Waals surface area contributed by atoms with Gasteiger partial charge in [0.15, 0.2) is 5.12 Å². The molecule has 0 aromatic rings. The molecule has 0 saturated carbocycles. The number of rotatable bonds is 24. The molecule has 0 bridgehead atoms. The van der Waals surface area contributed by atoms with Crippen molar-refractivity contribution >= 4 is 22.8 Å². The van der Waals surface area contributed by atoms with Crippen molar-refractivity contribution in [2.75, 3.05) is 39.5 Å². The molecule has 0 radical (unpaired) electrons. The fraction of sp³-hybridized carbons (Fsp3) is 0.929. The van der Waals surface area contributed by atoms with Gasteiger partial charge in [0.1, 0.15) is 0 Å². The van der Waals surface area contributed by atoms with Crippen LogP contribution in [-0.4, -0.2) is 55.0 Å². The molecule has 34 heavy (non-hydrogen) atoms. The second-order valence-electron chi connectivity index (χ2n) is 10.5. The average molecular weight is 566 g/mol. The molecule has 0 aromatic heterocycles. The van der Waals surface area contributed by atoms with Crippen LogP contribution in [0.25, 0.3) is 0 Å². The maximum atomic E-state index is 12.0. The number of thioether (sulfide) groups is 1. The largest absolute Gasteiger partial charge is 1.00 e. The molecule has 0 aliphatic carbocycles. The van der Waals surface area contributed by atoms with Crippen molar-refractivity contribution in [2.45, 2.75) is 129 Å². The summed E-state index contributed by atoms with van der Waals surface area (Å²) in [6.45, 7) is 7.13. The van der Waals surface area contributed by atoms with Crippen LogP contribution in [0.3, 0.4) is 0 Å². The molecule has 0 saturated heterocycles. The van der Waals surface area contributed by atoms with Crippen LogP contribution in [0, 0.1) is 0 Å². The molecule has 0 rings (SSSR count). The Hall–Kier alpha value is -0.0700. The molecular weight excluding hydrogens is 508 g/mol. The lowest BCUT2D eigenvalue weighted by Gasteiger charge is -2.30. The van der Waals surface area contributed by atoms with Gasteiger partial charge in [-0.25, -0.2) is 0 Å². The van der Waals surface area contributed by atoms with Crippen LogP contribution in [0.15, 0.2) is 0 Å². The Morgan fingerprint density at radius 1 is 0.676 bits per heavy atom. The maximum absolute atomic E-state index is 12.0.